The minimum absolute atomic E-state index is 0.0380. The zero-order valence-electron chi connectivity index (χ0n) is 10.2. The van der Waals surface area contributed by atoms with Gasteiger partial charge in [0.15, 0.2) is 0 Å². The van der Waals surface area contributed by atoms with Crippen LogP contribution in [0.4, 0.5) is 0 Å². The van der Waals surface area contributed by atoms with Crippen LogP contribution in [0.25, 0.3) is 10.9 Å². The molecule has 0 N–H and O–H groups in total. The van der Waals surface area contributed by atoms with Crippen molar-refractivity contribution in [3.8, 4) is 0 Å². The van der Waals surface area contributed by atoms with Crippen molar-refractivity contribution in [3.05, 3.63) is 46.2 Å². The van der Waals surface area contributed by atoms with Gasteiger partial charge in [-0.15, -0.1) is 0 Å². The zero-order valence-corrected chi connectivity index (χ0v) is 10.2. The van der Waals surface area contributed by atoms with Gasteiger partial charge in [0, 0.05) is 13.1 Å². The van der Waals surface area contributed by atoms with Crippen molar-refractivity contribution in [2.24, 2.45) is 7.05 Å². The van der Waals surface area contributed by atoms with Crippen LogP contribution in [0.1, 0.15) is 26.3 Å². The number of aryl methyl sites for hydroxylation is 1. The average molecular weight is 215 g/mol. The van der Waals surface area contributed by atoms with E-state index in [1.807, 2.05) is 12.1 Å². The number of pyridine rings is 1. The highest BCUT2D eigenvalue weighted by Gasteiger charge is 2.13. The number of aromatic nitrogens is 1. The SMILES string of the molecule is Cn1c(=O)ccc2cc(C(C)(C)C)ccc21. The highest BCUT2D eigenvalue weighted by molar-refractivity contribution is 5.79. The molecule has 0 aliphatic heterocycles. The van der Waals surface area contributed by atoms with Crippen LogP contribution in [-0.2, 0) is 12.5 Å². The van der Waals surface area contributed by atoms with E-state index in [-0.39, 0.29) is 11.0 Å². The van der Waals surface area contributed by atoms with Crippen LogP contribution < -0.4 is 5.56 Å². The summed E-state index contributed by atoms with van der Waals surface area (Å²) < 4.78 is 1.68. The lowest BCUT2D eigenvalue weighted by molar-refractivity contribution is 0.591. The van der Waals surface area contributed by atoms with Crippen LogP contribution in [0, 0.1) is 0 Å². The van der Waals surface area contributed by atoms with E-state index in [4.69, 9.17) is 0 Å². The summed E-state index contributed by atoms with van der Waals surface area (Å²) in [5.41, 5.74) is 2.46. The molecule has 0 unspecified atom stereocenters. The van der Waals surface area contributed by atoms with Gasteiger partial charge in [-0.1, -0.05) is 26.8 Å². The molecular formula is C14H17NO. The van der Waals surface area contributed by atoms with E-state index >= 15 is 0 Å². The lowest BCUT2D eigenvalue weighted by atomic mass is 9.86. The summed E-state index contributed by atoms with van der Waals surface area (Å²) >= 11 is 0. The standard InChI is InChI=1S/C14H17NO/c1-14(2,3)11-6-7-12-10(9-11)5-8-13(16)15(12)4/h5-9H,1-4H3. The molecule has 2 rings (SSSR count). The number of rotatable bonds is 0. The molecule has 2 aromatic rings. The summed E-state index contributed by atoms with van der Waals surface area (Å²) in [5, 5.41) is 1.12. The van der Waals surface area contributed by atoms with E-state index in [2.05, 4.69) is 32.9 Å². The smallest absolute Gasteiger partial charge is 0.250 e. The van der Waals surface area contributed by atoms with Gasteiger partial charge in [0.05, 0.1) is 5.52 Å². The fourth-order valence-corrected chi connectivity index (χ4v) is 1.85. The fourth-order valence-electron chi connectivity index (χ4n) is 1.85. The van der Waals surface area contributed by atoms with E-state index in [9.17, 15) is 4.79 Å². The van der Waals surface area contributed by atoms with E-state index in [0.717, 1.165) is 10.9 Å². The molecule has 2 nitrogen and oxygen atoms in total. The molecule has 0 fully saturated rings. The molecule has 0 atom stereocenters. The predicted octanol–water partition coefficient (Wildman–Crippen LogP) is 2.84. The molecule has 0 spiro atoms. The molecule has 1 heterocycles. The molecule has 0 aliphatic rings. The second kappa shape index (κ2) is 3.48. The molecule has 2 heteroatoms. The van der Waals surface area contributed by atoms with Crippen LogP contribution in [0.3, 0.4) is 0 Å². The quantitative estimate of drug-likeness (QED) is 0.662. The Bertz CT molecular complexity index is 588. The Kier molecular flexibility index (Phi) is 2.38. The number of benzene rings is 1. The van der Waals surface area contributed by atoms with Gasteiger partial charge < -0.3 is 4.57 Å². The fraction of sp³-hybridized carbons (Fsp3) is 0.357. The van der Waals surface area contributed by atoms with Gasteiger partial charge in [-0.2, -0.15) is 0 Å². The molecule has 16 heavy (non-hydrogen) atoms. The Morgan fingerprint density at radius 3 is 2.38 bits per heavy atom. The van der Waals surface area contributed by atoms with Gasteiger partial charge in [-0.05, 0) is 34.6 Å². The molecule has 0 aliphatic carbocycles. The normalized spacial score (nSPS) is 12.0. The average Bonchev–Trinajstić information content (AvgIpc) is 2.22. The number of hydrogen-bond donors (Lipinski definition) is 0. The Balaban J connectivity index is 2.75. The van der Waals surface area contributed by atoms with Crippen LogP contribution in [-0.4, -0.2) is 4.57 Å². The second-order valence-corrected chi connectivity index (χ2v) is 5.25. The van der Waals surface area contributed by atoms with E-state index in [1.165, 1.54) is 5.56 Å². The van der Waals surface area contributed by atoms with Gasteiger partial charge in [0.2, 0.25) is 0 Å². The first kappa shape index (κ1) is 10.9. The molecule has 1 aromatic carbocycles. The van der Waals surface area contributed by atoms with Crippen molar-refractivity contribution < 1.29 is 0 Å². The molecule has 84 valence electrons. The minimum Gasteiger partial charge on any atom is -0.311 e. The van der Waals surface area contributed by atoms with Gasteiger partial charge in [-0.3, -0.25) is 4.79 Å². The van der Waals surface area contributed by atoms with Crippen LogP contribution >= 0.6 is 0 Å². The van der Waals surface area contributed by atoms with Gasteiger partial charge in [0.25, 0.3) is 5.56 Å². The molecule has 1 aromatic heterocycles. The van der Waals surface area contributed by atoms with Crippen molar-refractivity contribution in [1.29, 1.82) is 0 Å². The van der Waals surface area contributed by atoms with Gasteiger partial charge in [-0.25, -0.2) is 0 Å². The van der Waals surface area contributed by atoms with Gasteiger partial charge in [0.1, 0.15) is 0 Å². The third-order valence-electron chi connectivity index (χ3n) is 2.99. The van der Waals surface area contributed by atoms with E-state index < -0.39 is 0 Å². The van der Waals surface area contributed by atoms with Crippen LogP contribution in [0.5, 0.6) is 0 Å². The maximum Gasteiger partial charge on any atom is 0.250 e. The summed E-state index contributed by atoms with van der Waals surface area (Å²) in [4.78, 5) is 11.5. The topological polar surface area (TPSA) is 22.0 Å². The summed E-state index contributed by atoms with van der Waals surface area (Å²) in [5.74, 6) is 0. The predicted molar refractivity (Wildman–Crippen MR) is 67.9 cm³/mol. The third-order valence-corrected chi connectivity index (χ3v) is 2.99. The molecule has 0 saturated heterocycles. The highest BCUT2D eigenvalue weighted by Crippen LogP contribution is 2.25. The first-order valence-corrected chi connectivity index (χ1v) is 5.50. The Labute approximate surface area is 95.5 Å². The van der Waals surface area contributed by atoms with E-state index in [0.29, 0.717) is 0 Å². The second-order valence-electron chi connectivity index (χ2n) is 5.25. The minimum atomic E-state index is 0.0380. The lowest BCUT2D eigenvalue weighted by Crippen LogP contribution is -2.16. The summed E-state index contributed by atoms with van der Waals surface area (Å²) in [6.45, 7) is 6.57. The Morgan fingerprint density at radius 2 is 1.75 bits per heavy atom. The maximum absolute atomic E-state index is 11.5. The van der Waals surface area contributed by atoms with Crippen LogP contribution in [0.2, 0.25) is 0 Å². The number of nitrogens with zero attached hydrogens (tertiary/aromatic N) is 1. The molecule has 0 amide bonds. The molecular weight excluding hydrogens is 198 g/mol. The Hall–Kier alpha value is -1.57. The lowest BCUT2D eigenvalue weighted by Gasteiger charge is -2.19. The van der Waals surface area contributed by atoms with E-state index in [1.54, 1.807) is 17.7 Å². The zero-order chi connectivity index (χ0) is 11.9. The van der Waals surface area contributed by atoms with Crippen molar-refractivity contribution in [2.75, 3.05) is 0 Å². The molecule has 0 saturated carbocycles. The summed E-state index contributed by atoms with van der Waals surface area (Å²) in [7, 11) is 1.81. The van der Waals surface area contributed by atoms with Crippen molar-refractivity contribution in [1.82, 2.24) is 4.57 Å². The summed E-state index contributed by atoms with van der Waals surface area (Å²) in [6.07, 6.45) is 0. The first-order chi connectivity index (χ1) is 7.39. The Morgan fingerprint density at radius 1 is 1.06 bits per heavy atom. The first-order valence-electron chi connectivity index (χ1n) is 5.50. The van der Waals surface area contributed by atoms with Crippen molar-refractivity contribution in [3.63, 3.8) is 0 Å². The highest BCUT2D eigenvalue weighted by atomic mass is 16.1. The number of fused-ring (bicyclic) bond motifs is 1. The monoisotopic (exact) mass is 215 g/mol. The maximum atomic E-state index is 11.5. The largest absolute Gasteiger partial charge is 0.311 e. The third kappa shape index (κ3) is 1.75. The summed E-state index contributed by atoms with van der Waals surface area (Å²) in [6, 6.07) is 9.80. The van der Waals surface area contributed by atoms with Crippen molar-refractivity contribution in [2.45, 2.75) is 26.2 Å². The number of hydrogen-bond acceptors (Lipinski definition) is 1. The van der Waals surface area contributed by atoms with Crippen LogP contribution in [0.15, 0.2) is 35.1 Å². The van der Waals surface area contributed by atoms with Crippen molar-refractivity contribution >= 4 is 10.9 Å². The van der Waals surface area contributed by atoms with Gasteiger partial charge >= 0.3 is 0 Å². The molecule has 0 radical (unpaired) electrons. The molecule has 0 bridgehead atoms.